The number of rotatable bonds is 6. The molecule has 2 aromatic rings. The van der Waals surface area contributed by atoms with E-state index in [0.29, 0.717) is 12.5 Å². The minimum Gasteiger partial charge on any atom is -0.369 e. The zero-order chi connectivity index (χ0) is 15.4. The molecular formula is C19H22N2O. The van der Waals surface area contributed by atoms with E-state index in [9.17, 15) is 4.79 Å². The number of carbonyl (C=O) groups is 1. The van der Waals surface area contributed by atoms with Crippen LogP contribution in [0.3, 0.4) is 0 Å². The predicted octanol–water partition coefficient (Wildman–Crippen LogP) is 2.39. The third kappa shape index (κ3) is 3.74. The summed E-state index contributed by atoms with van der Waals surface area (Å²) in [5.41, 5.74) is 9.55. The first-order chi connectivity index (χ1) is 10.7. The van der Waals surface area contributed by atoms with Crippen LogP contribution in [0.2, 0.25) is 0 Å². The smallest absolute Gasteiger partial charge is 0.231 e. The Morgan fingerprint density at radius 2 is 1.59 bits per heavy atom. The normalized spacial score (nSPS) is 14.2. The largest absolute Gasteiger partial charge is 0.369 e. The lowest BCUT2D eigenvalue weighted by Crippen LogP contribution is -2.37. The molecule has 0 spiro atoms. The van der Waals surface area contributed by atoms with Gasteiger partial charge in [0.25, 0.3) is 0 Å². The van der Waals surface area contributed by atoms with Gasteiger partial charge >= 0.3 is 0 Å². The zero-order valence-corrected chi connectivity index (χ0v) is 12.7. The molecule has 0 saturated heterocycles. The highest BCUT2D eigenvalue weighted by molar-refractivity contribution is 5.75. The number of hydrogen-bond donors (Lipinski definition) is 1. The van der Waals surface area contributed by atoms with Crippen LogP contribution in [0.1, 0.15) is 16.7 Å². The second kappa shape index (κ2) is 6.75. The van der Waals surface area contributed by atoms with Crippen molar-refractivity contribution in [2.75, 3.05) is 13.1 Å². The molecule has 0 bridgehead atoms. The zero-order valence-electron chi connectivity index (χ0n) is 12.7. The molecule has 0 radical (unpaired) electrons. The minimum absolute atomic E-state index is 0.258. The van der Waals surface area contributed by atoms with Crippen LogP contribution in [-0.2, 0) is 24.2 Å². The first-order valence-corrected chi connectivity index (χ1v) is 7.82. The van der Waals surface area contributed by atoms with Crippen LogP contribution in [0.25, 0.3) is 0 Å². The Hall–Kier alpha value is -2.13. The Morgan fingerprint density at radius 1 is 1.00 bits per heavy atom. The van der Waals surface area contributed by atoms with E-state index in [-0.39, 0.29) is 5.91 Å². The topological polar surface area (TPSA) is 46.3 Å². The molecule has 22 heavy (non-hydrogen) atoms. The number of hydrogen-bond acceptors (Lipinski definition) is 2. The average Bonchev–Trinajstić information content (AvgIpc) is 2.89. The average molecular weight is 294 g/mol. The Labute approximate surface area is 131 Å². The van der Waals surface area contributed by atoms with Crippen molar-refractivity contribution in [3.8, 4) is 0 Å². The summed E-state index contributed by atoms with van der Waals surface area (Å²) in [4.78, 5) is 13.5. The van der Waals surface area contributed by atoms with Gasteiger partial charge in [-0.05, 0) is 35.4 Å². The highest BCUT2D eigenvalue weighted by atomic mass is 16.1. The third-order valence-corrected chi connectivity index (χ3v) is 4.28. The number of primary amides is 1. The molecule has 0 aliphatic heterocycles. The molecule has 0 aromatic heterocycles. The summed E-state index contributed by atoms with van der Waals surface area (Å²) >= 11 is 0. The van der Waals surface area contributed by atoms with Gasteiger partial charge in [-0.2, -0.15) is 0 Å². The van der Waals surface area contributed by atoms with Crippen LogP contribution in [0.5, 0.6) is 0 Å². The number of nitrogens with two attached hydrogens (primary N) is 1. The molecule has 0 saturated carbocycles. The molecule has 114 valence electrons. The fourth-order valence-corrected chi connectivity index (χ4v) is 3.39. The fourth-order valence-electron chi connectivity index (χ4n) is 3.39. The van der Waals surface area contributed by atoms with Gasteiger partial charge in [0.2, 0.25) is 5.91 Å². The maximum absolute atomic E-state index is 11.4. The Bertz CT molecular complexity index is 614. The molecule has 2 N–H and O–H groups in total. The van der Waals surface area contributed by atoms with Crippen LogP contribution in [-0.4, -0.2) is 23.9 Å². The maximum Gasteiger partial charge on any atom is 0.231 e. The second-order valence-electron chi connectivity index (χ2n) is 6.16. The molecule has 3 nitrogen and oxygen atoms in total. The quantitative estimate of drug-likeness (QED) is 0.889. The van der Waals surface area contributed by atoms with Gasteiger partial charge in [-0.25, -0.2) is 0 Å². The van der Waals surface area contributed by atoms with Crippen molar-refractivity contribution in [2.24, 2.45) is 11.7 Å². The number of fused-ring (bicyclic) bond motifs is 1. The van der Waals surface area contributed by atoms with E-state index in [1.165, 1.54) is 16.7 Å². The first-order valence-electron chi connectivity index (χ1n) is 7.82. The molecule has 1 aliphatic rings. The lowest BCUT2D eigenvalue weighted by Gasteiger charge is -2.24. The summed E-state index contributed by atoms with van der Waals surface area (Å²) < 4.78 is 0. The van der Waals surface area contributed by atoms with Gasteiger partial charge in [-0.15, -0.1) is 0 Å². The molecule has 2 aromatic carbocycles. The van der Waals surface area contributed by atoms with Crippen molar-refractivity contribution in [3.05, 3.63) is 71.3 Å². The van der Waals surface area contributed by atoms with E-state index in [1.807, 2.05) is 18.2 Å². The Morgan fingerprint density at radius 3 is 2.18 bits per heavy atom. The first kappa shape index (κ1) is 14.8. The highest BCUT2D eigenvalue weighted by Gasteiger charge is 2.23. The van der Waals surface area contributed by atoms with Crippen molar-refractivity contribution in [3.63, 3.8) is 0 Å². The lowest BCUT2D eigenvalue weighted by molar-refractivity contribution is -0.119. The third-order valence-electron chi connectivity index (χ3n) is 4.28. The summed E-state index contributed by atoms with van der Waals surface area (Å²) in [5.74, 6) is 0.312. The molecule has 0 heterocycles. The summed E-state index contributed by atoms with van der Waals surface area (Å²) in [5, 5.41) is 0. The Balaban J connectivity index is 1.65. The van der Waals surface area contributed by atoms with E-state index < -0.39 is 0 Å². The molecule has 0 atom stereocenters. The number of benzene rings is 2. The Kier molecular flexibility index (Phi) is 4.54. The van der Waals surface area contributed by atoms with Crippen molar-refractivity contribution in [1.82, 2.24) is 4.90 Å². The highest BCUT2D eigenvalue weighted by Crippen LogP contribution is 2.27. The SMILES string of the molecule is NC(=O)CN(Cc1ccccc1)CC1Cc2ccccc2C1. The van der Waals surface area contributed by atoms with Crippen LogP contribution < -0.4 is 5.73 Å². The van der Waals surface area contributed by atoms with Gasteiger partial charge in [-0.3, -0.25) is 9.69 Å². The summed E-state index contributed by atoms with van der Waals surface area (Å²) in [6.45, 7) is 2.00. The second-order valence-corrected chi connectivity index (χ2v) is 6.16. The van der Waals surface area contributed by atoms with Crippen molar-refractivity contribution in [2.45, 2.75) is 19.4 Å². The van der Waals surface area contributed by atoms with Crippen molar-refractivity contribution >= 4 is 5.91 Å². The van der Waals surface area contributed by atoms with E-state index in [1.54, 1.807) is 0 Å². The van der Waals surface area contributed by atoms with Crippen molar-refractivity contribution < 1.29 is 4.79 Å². The molecule has 3 heteroatoms. The molecular weight excluding hydrogens is 272 g/mol. The van der Waals surface area contributed by atoms with Gasteiger partial charge in [0.05, 0.1) is 6.54 Å². The number of amides is 1. The summed E-state index contributed by atoms with van der Waals surface area (Å²) in [7, 11) is 0. The molecule has 1 aliphatic carbocycles. The van der Waals surface area contributed by atoms with Crippen LogP contribution >= 0.6 is 0 Å². The molecule has 3 rings (SSSR count). The van der Waals surface area contributed by atoms with Crippen LogP contribution in [0, 0.1) is 5.92 Å². The number of nitrogens with zero attached hydrogens (tertiary/aromatic N) is 1. The minimum atomic E-state index is -0.258. The standard InChI is InChI=1S/C19H22N2O/c20-19(22)14-21(12-15-6-2-1-3-7-15)13-16-10-17-8-4-5-9-18(17)11-16/h1-9,16H,10-14H2,(H2,20,22). The fraction of sp³-hybridized carbons (Fsp3) is 0.316. The van der Waals surface area contributed by atoms with Gasteiger partial charge in [0, 0.05) is 13.1 Å². The predicted molar refractivity (Wildman–Crippen MR) is 88.3 cm³/mol. The molecule has 1 amide bonds. The molecule has 0 fully saturated rings. The molecule has 0 unspecified atom stereocenters. The monoisotopic (exact) mass is 294 g/mol. The van der Waals surface area contributed by atoms with Gasteiger partial charge in [0.15, 0.2) is 0 Å². The van der Waals surface area contributed by atoms with E-state index in [2.05, 4.69) is 41.3 Å². The van der Waals surface area contributed by atoms with Crippen LogP contribution in [0.15, 0.2) is 54.6 Å². The van der Waals surface area contributed by atoms with Gasteiger partial charge in [0.1, 0.15) is 0 Å². The van der Waals surface area contributed by atoms with Crippen LogP contribution in [0.4, 0.5) is 0 Å². The van der Waals surface area contributed by atoms with E-state index in [4.69, 9.17) is 5.73 Å². The lowest BCUT2D eigenvalue weighted by atomic mass is 10.1. The number of carbonyl (C=O) groups excluding carboxylic acids is 1. The van der Waals surface area contributed by atoms with Gasteiger partial charge in [-0.1, -0.05) is 54.6 Å². The van der Waals surface area contributed by atoms with E-state index in [0.717, 1.165) is 25.9 Å². The van der Waals surface area contributed by atoms with E-state index >= 15 is 0 Å². The maximum atomic E-state index is 11.4. The van der Waals surface area contributed by atoms with Gasteiger partial charge < -0.3 is 5.73 Å². The van der Waals surface area contributed by atoms with Crippen molar-refractivity contribution in [1.29, 1.82) is 0 Å². The summed E-state index contributed by atoms with van der Waals surface area (Å²) in [6, 6.07) is 18.9. The summed E-state index contributed by atoms with van der Waals surface area (Å²) in [6.07, 6.45) is 2.19.